The second-order valence-electron chi connectivity index (χ2n) is 6.14. The Morgan fingerprint density at radius 3 is 2.71 bits per heavy atom. The molecule has 0 radical (unpaired) electrons. The minimum absolute atomic E-state index is 0. The smallest absolute Gasteiger partial charge is 0.251 e. The maximum atomic E-state index is 12.1. The van der Waals surface area contributed by atoms with Gasteiger partial charge in [0.15, 0.2) is 0 Å². The number of rotatable bonds is 5. The van der Waals surface area contributed by atoms with Crippen molar-refractivity contribution in [3.63, 3.8) is 0 Å². The number of nitrogens with one attached hydrogen (secondary N) is 3. The molecule has 5 nitrogen and oxygen atoms in total. The summed E-state index contributed by atoms with van der Waals surface area (Å²) in [6.45, 7) is 6.70. The van der Waals surface area contributed by atoms with Crippen LogP contribution in [0.15, 0.2) is 18.2 Å². The van der Waals surface area contributed by atoms with E-state index in [1.165, 1.54) is 0 Å². The first-order valence-electron chi connectivity index (χ1n) is 7.98. The van der Waals surface area contributed by atoms with Crippen LogP contribution in [0.4, 0.5) is 5.69 Å². The fourth-order valence-electron chi connectivity index (χ4n) is 2.52. The lowest BCUT2D eigenvalue weighted by atomic mass is 10.1. The summed E-state index contributed by atoms with van der Waals surface area (Å²) in [4.78, 5) is 24.2. The molecular weight excluding hydrogens is 346 g/mol. The van der Waals surface area contributed by atoms with E-state index < -0.39 is 0 Å². The Bertz CT molecular complexity index is 575. The highest BCUT2D eigenvalue weighted by Gasteiger charge is 2.17. The van der Waals surface area contributed by atoms with Crippen LogP contribution < -0.4 is 16.0 Å². The maximum Gasteiger partial charge on any atom is 0.251 e. The van der Waals surface area contributed by atoms with Crippen molar-refractivity contribution in [1.82, 2.24) is 10.6 Å². The Morgan fingerprint density at radius 1 is 1.38 bits per heavy atom. The molecule has 1 atom stereocenters. The van der Waals surface area contributed by atoms with Gasteiger partial charge >= 0.3 is 0 Å². The van der Waals surface area contributed by atoms with Gasteiger partial charge in [0.25, 0.3) is 5.91 Å². The Kier molecular flexibility index (Phi) is 8.59. The summed E-state index contributed by atoms with van der Waals surface area (Å²) >= 11 is 1.88. The fourth-order valence-corrected chi connectivity index (χ4v) is 3.47. The second-order valence-corrected chi connectivity index (χ2v) is 7.29. The summed E-state index contributed by atoms with van der Waals surface area (Å²) in [6.07, 6.45) is 0.474. The number of carbonyl (C=O) groups excluding carboxylic acids is 2. The third-order valence-corrected chi connectivity index (χ3v) is 4.74. The van der Waals surface area contributed by atoms with Gasteiger partial charge in [-0.05, 0) is 44.5 Å². The zero-order valence-corrected chi connectivity index (χ0v) is 16.0. The summed E-state index contributed by atoms with van der Waals surface area (Å²) in [5.74, 6) is 2.00. The van der Waals surface area contributed by atoms with E-state index in [0.717, 1.165) is 29.3 Å². The average Bonchev–Trinajstić information content (AvgIpc) is 2.47. The third kappa shape index (κ3) is 6.34. The van der Waals surface area contributed by atoms with Gasteiger partial charge in [-0.3, -0.25) is 9.59 Å². The molecule has 3 N–H and O–H groups in total. The highest BCUT2D eigenvalue weighted by molar-refractivity contribution is 7.99. The van der Waals surface area contributed by atoms with E-state index in [-0.39, 0.29) is 36.3 Å². The van der Waals surface area contributed by atoms with Crippen LogP contribution >= 0.6 is 24.2 Å². The third-order valence-electron chi connectivity index (χ3n) is 3.60. The number of aryl methyl sites for hydroxylation is 1. The number of carbonyl (C=O) groups is 2. The minimum atomic E-state index is -0.0844. The highest BCUT2D eigenvalue weighted by atomic mass is 35.5. The van der Waals surface area contributed by atoms with Gasteiger partial charge < -0.3 is 16.0 Å². The number of benzene rings is 1. The summed E-state index contributed by atoms with van der Waals surface area (Å²) in [7, 11) is 0. The molecule has 1 saturated heterocycles. The molecule has 0 saturated carbocycles. The quantitative estimate of drug-likeness (QED) is 0.744. The van der Waals surface area contributed by atoms with E-state index in [1.807, 2.05) is 38.6 Å². The summed E-state index contributed by atoms with van der Waals surface area (Å²) in [5.41, 5.74) is 2.23. The van der Waals surface area contributed by atoms with Crippen molar-refractivity contribution < 1.29 is 9.59 Å². The molecule has 134 valence electrons. The van der Waals surface area contributed by atoms with Crippen molar-refractivity contribution in [1.29, 1.82) is 0 Å². The molecule has 0 aromatic heterocycles. The molecule has 1 aromatic carbocycles. The molecule has 1 aliphatic heterocycles. The molecule has 2 rings (SSSR count). The Hall–Kier alpha value is -1.24. The van der Waals surface area contributed by atoms with Crippen LogP contribution in [0.1, 0.15) is 36.2 Å². The molecule has 1 aromatic rings. The van der Waals surface area contributed by atoms with E-state index in [4.69, 9.17) is 0 Å². The van der Waals surface area contributed by atoms with Gasteiger partial charge in [-0.1, -0.05) is 0 Å². The standard InChI is InChI=1S/C17H25N3O2S.ClH/c1-11(2)19-17(22)15-5-4-13(8-12(15)3)20-16(21)9-14-10-23-7-6-18-14;/h4-5,8,11,14,18H,6-7,9-10H2,1-3H3,(H,19,22)(H,20,21);1H. The molecule has 0 bridgehead atoms. The second kappa shape index (κ2) is 9.91. The van der Waals surface area contributed by atoms with Crippen molar-refractivity contribution in [2.24, 2.45) is 0 Å². The number of thioether (sulfide) groups is 1. The number of amides is 2. The predicted molar refractivity (Wildman–Crippen MR) is 103 cm³/mol. The van der Waals surface area contributed by atoms with Crippen molar-refractivity contribution in [2.75, 3.05) is 23.4 Å². The molecule has 1 fully saturated rings. The number of hydrogen-bond acceptors (Lipinski definition) is 4. The normalized spacial score (nSPS) is 17.1. The Balaban J connectivity index is 0.00000288. The van der Waals surface area contributed by atoms with E-state index in [9.17, 15) is 9.59 Å². The van der Waals surface area contributed by atoms with Crippen LogP contribution in [-0.4, -0.2) is 41.9 Å². The van der Waals surface area contributed by atoms with Gasteiger partial charge in [0.2, 0.25) is 5.91 Å². The minimum Gasteiger partial charge on any atom is -0.350 e. The summed E-state index contributed by atoms with van der Waals surface area (Å²) in [5, 5.41) is 9.15. The first-order valence-corrected chi connectivity index (χ1v) is 9.13. The van der Waals surface area contributed by atoms with Gasteiger partial charge in [0.05, 0.1) is 0 Å². The summed E-state index contributed by atoms with van der Waals surface area (Å²) in [6, 6.07) is 5.73. The molecule has 2 amide bonds. The van der Waals surface area contributed by atoms with Crippen molar-refractivity contribution in [3.8, 4) is 0 Å². The molecule has 1 unspecified atom stereocenters. The van der Waals surface area contributed by atoms with Crippen molar-refractivity contribution in [3.05, 3.63) is 29.3 Å². The average molecular weight is 372 g/mol. The van der Waals surface area contributed by atoms with E-state index in [1.54, 1.807) is 12.1 Å². The Labute approximate surface area is 154 Å². The van der Waals surface area contributed by atoms with Crippen LogP contribution in [-0.2, 0) is 4.79 Å². The zero-order valence-electron chi connectivity index (χ0n) is 14.3. The molecule has 1 aliphatic rings. The largest absolute Gasteiger partial charge is 0.350 e. The van der Waals surface area contributed by atoms with Gasteiger partial charge in [-0.25, -0.2) is 0 Å². The lowest BCUT2D eigenvalue weighted by Gasteiger charge is -2.22. The number of hydrogen-bond donors (Lipinski definition) is 3. The molecule has 24 heavy (non-hydrogen) atoms. The zero-order chi connectivity index (χ0) is 16.8. The number of halogens is 1. The Morgan fingerprint density at radius 2 is 2.12 bits per heavy atom. The molecule has 0 aliphatic carbocycles. The van der Waals surface area contributed by atoms with Gasteiger partial charge in [-0.2, -0.15) is 11.8 Å². The predicted octanol–water partition coefficient (Wildman–Crippen LogP) is 2.59. The molecule has 0 spiro atoms. The van der Waals surface area contributed by atoms with Crippen LogP contribution in [0.25, 0.3) is 0 Å². The van der Waals surface area contributed by atoms with Crippen LogP contribution in [0.2, 0.25) is 0 Å². The van der Waals surface area contributed by atoms with Crippen LogP contribution in [0.3, 0.4) is 0 Å². The fraction of sp³-hybridized carbons (Fsp3) is 0.529. The van der Waals surface area contributed by atoms with Crippen molar-refractivity contribution in [2.45, 2.75) is 39.3 Å². The maximum absolute atomic E-state index is 12.1. The van der Waals surface area contributed by atoms with Crippen LogP contribution in [0.5, 0.6) is 0 Å². The van der Waals surface area contributed by atoms with Crippen LogP contribution in [0, 0.1) is 6.92 Å². The monoisotopic (exact) mass is 371 g/mol. The first kappa shape index (κ1) is 20.8. The van der Waals surface area contributed by atoms with Gasteiger partial charge in [0, 0.05) is 47.8 Å². The lowest BCUT2D eigenvalue weighted by Crippen LogP contribution is -2.39. The summed E-state index contributed by atoms with van der Waals surface area (Å²) < 4.78 is 0. The molecule has 7 heteroatoms. The topological polar surface area (TPSA) is 70.2 Å². The van der Waals surface area contributed by atoms with E-state index >= 15 is 0 Å². The highest BCUT2D eigenvalue weighted by Crippen LogP contribution is 2.17. The van der Waals surface area contributed by atoms with Gasteiger partial charge in [-0.15, -0.1) is 12.4 Å². The molecular formula is C17H26ClN3O2S. The lowest BCUT2D eigenvalue weighted by molar-refractivity contribution is -0.116. The molecule has 1 heterocycles. The first-order chi connectivity index (χ1) is 11.0. The van der Waals surface area contributed by atoms with Crippen molar-refractivity contribution >= 4 is 41.7 Å². The van der Waals surface area contributed by atoms with E-state index in [0.29, 0.717) is 12.0 Å². The van der Waals surface area contributed by atoms with Gasteiger partial charge in [0.1, 0.15) is 0 Å². The number of anilines is 1. The van der Waals surface area contributed by atoms with E-state index in [2.05, 4.69) is 16.0 Å². The SMILES string of the molecule is Cc1cc(NC(=O)CC2CSCCN2)ccc1C(=O)NC(C)C.Cl.